The minimum absolute atomic E-state index is 0.229. The lowest BCUT2D eigenvalue weighted by Crippen LogP contribution is -2.41. The van der Waals surface area contributed by atoms with E-state index in [4.69, 9.17) is 16.3 Å². The Labute approximate surface area is 303 Å². The normalized spacial score (nSPS) is 14.8. The molecular weight excluding hydrogens is 692 g/mol. The first kappa shape index (κ1) is 34.6. The number of hydrogen-bond donors (Lipinski definition) is 4. The van der Waals surface area contributed by atoms with Gasteiger partial charge >= 0.3 is 0 Å². The summed E-state index contributed by atoms with van der Waals surface area (Å²) in [6.45, 7) is 4.99. The summed E-state index contributed by atoms with van der Waals surface area (Å²) < 4.78 is 11.4. The molecule has 13 nitrogen and oxygen atoms in total. The van der Waals surface area contributed by atoms with Crippen molar-refractivity contribution in [1.29, 1.82) is 0 Å². The predicted octanol–water partition coefficient (Wildman–Crippen LogP) is 5.26. The molecule has 1 saturated heterocycles. The fourth-order valence-electron chi connectivity index (χ4n) is 6.20. The lowest BCUT2D eigenvalue weighted by atomic mass is 10.2. The number of hydrogen-bond acceptors (Lipinski definition) is 7. The number of nitrogens with zero attached hydrogens (tertiary/aromatic N) is 4. The van der Waals surface area contributed by atoms with Gasteiger partial charge in [-0.15, -0.1) is 11.3 Å². The Morgan fingerprint density at radius 2 is 1.39 bits per heavy atom. The molecule has 2 fully saturated rings. The fraction of sp³-hybridized carbons (Fsp3) is 0.333. The first-order valence-electron chi connectivity index (χ1n) is 16.8. The number of halogens is 1. The lowest BCUT2D eigenvalue weighted by molar-refractivity contribution is 0.0383. The van der Waals surface area contributed by atoms with Crippen molar-refractivity contribution < 1.29 is 23.9 Å². The highest BCUT2D eigenvalue weighted by Crippen LogP contribution is 2.36. The smallest absolute Gasteiger partial charge is 0.272 e. The molecule has 1 aliphatic heterocycles. The van der Waals surface area contributed by atoms with Crippen LogP contribution in [0.15, 0.2) is 61.1 Å². The number of anilines is 3. The Morgan fingerprint density at radius 3 is 2.06 bits per heavy atom. The lowest BCUT2D eigenvalue weighted by Gasteiger charge is -2.26. The van der Waals surface area contributed by atoms with E-state index >= 15 is 0 Å². The maximum atomic E-state index is 13.6. The molecule has 2 aliphatic rings. The van der Waals surface area contributed by atoms with E-state index in [1.54, 1.807) is 60.0 Å². The van der Waals surface area contributed by atoms with E-state index < -0.39 is 5.91 Å². The topological polar surface area (TPSA) is 144 Å². The summed E-state index contributed by atoms with van der Waals surface area (Å²) in [7, 11) is 3.46. The Hall–Kier alpha value is -4.89. The molecular formula is C36H39ClN8O5S. The third-order valence-electron chi connectivity index (χ3n) is 9.09. The number of rotatable bonds is 12. The van der Waals surface area contributed by atoms with Crippen LogP contribution >= 0.6 is 22.9 Å². The Morgan fingerprint density at radius 1 is 0.804 bits per heavy atom. The molecule has 7 rings (SSSR count). The molecule has 0 atom stereocenters. The highest BCUT2D eigenvalue weighted by molar-refractivity contribution is 7.21. The third kappa shape index (κ3) is 7.89. The fourth-order valence-corrected chi connectivity index (χ4v) is 7.61. The van der Waals surface area contributed by atoms with Crippen LogP contribution in [0.2, 0.25) is 5.02 Å². The molecule has 4 aromatic heterocycles. The summed E-state index contributed by atoms with van der Waals surface area (Å²) in [5, 5.41) is 12.9. The predicted molar refractivity (Wildman–Crippen MR) is 198 cm³/mol. The SMILES string of the molecule is Cn1cc(NC(=O)c2cc(NC(=O)c3cc(NC(=O)c4sc5ccccc5c4Cl)cn3CC3CC3)cn2C)cc1C(=O)NCCN1CCOCC1. The van der Waals surface area contributed by atoms with Gasteiger partial charge < -0.3 is 39.7 Å². The van der Waals surface area contributed by atoms with Crippen LogP contribution in [-0.4, -0.2) is 81.6 Å². The summed E-state index contributed by atoms with van der Waals surface area (Å²) in [5.41, 5.74) is 2.51. The number of amides is 4. The largest absolute Gasteiger partial charge is 0.379 e. The number of thiophene rings is 1. The molecule has 5 aromatic rings. The van der Waals surface area contributed by atoms with Crippen molar-refractivity contribution in [2.75, 3.05) is 55.3 Å². The molecule has 266 valence electrons. The minimum atomic E-state index is -0.398. The maximum absolute atomic E-state index is 13.6. The zero-order valence-corrected chi connectivity index (χ0v) is 29.9. The molecule has 0 unspecified atom stereocenters. The number of nitrogens with one attached hydrogen (secondary N) is 4. The summed E-state index contributed by atoms with van der Waals surface area (Å²) in [6.07, 6.45) is 7.27. The van der Waals surface area contributed by atoms with Gasteiger partial charge in [0.05, 0.1) is 35.3 Å². The van der Waals surface area contributed by atoms with E-state index in [1.165, 1.54) is 11.3 Å². The van der Waals surface area contributed by atoms with Gasteiger partial charge in [0.1, 0.15) is 22.0 Å². The number of ether oxygens (including phenoxy) is 1. The van der Waals surface area contributed by atoms with Crippen molar-refractivity contribution in [3.8, 4) is 0 Å². The summed E-state index contributed by atoms with van der Waals surface area (Å²) in [4.78, 5) is 55.6. The van der Waals surface area contributed by atoms with E-state index in [9.17, 15) is 19.2 Å². The number of benzene rings is 1. The Bertz CT molecular complexity index is 2120. The summed E-state index contributed by atoms with van der Waals surface area (Å²) in [6, 6.07) is 12.5. The first-order chi connectivity index (χ1) is 24.6. The van der Waals surface area contributed by atoms with Gasteiger partial charge in [-0.2, -0.15) is 0 Å². The quantitative estimate of drug-likeness (QED) is 0.138. The average molecular weight is 731 g/mol. The molecule has 1 aromatic carbocycles. The molecule has 0 spiro atoms. The second-order valence-electron chi connectivity index (χ2n) is 13.0. The van der Waals surface area contributed by atoms with Crippen LogP contribution in [0.4, 0.5) is 17.1 Å². The first-order valence-corrected chi connectivity index (χ1v) is 18.0. The molecule has 51 heavy (non-hydrogen) atoms. The standard InChI is InChI=1S/C36H39ClN8O5S/c1-42-19-23(15-27(42)33(46)38-9-10-44-11-13-50-14-12-44)39-34(47)28-16-24(20-43(28)2)40-35(48)29-17-25(21-45(29)18-22-7-8-22)41-36(49)32-31(37)26-5-3-4-6-30(26)51-32/h3-6,15-17,19-22H,7-14,18H2,1-2H3,(H,38,46)(H,39,47)(H,40,48)(H,41,49). The maximum Gasteiger partial charge on any atom is 0.272 e. The second-order valence-corrected chi connectivity index (χ2v) is 14.4. The van der Waals surface area contributed by atoms with E-state index in [-0.39, 0.29) is 17.7 Å². The zero-order chi connectivity index (χ0) is 35.6. The molecule has 1 aliphatic carbocycles. The number of fused-ring (bicyclic) bond motifs is 1. The van der Waals surface area contributed by atoms with E-state index in [0.29, 0.717) is 76.3 Å². The molecule has 5 heterocycles. The van der Waals surface area contributed by atoms with Crippen LogP contribution < -0.4 is 21.3 Å². The van der Waals surface area contributed by atoms with Crippen molar-refractivity contribution in [2.45, 2.75) is 19.4 Å². The number of morpholine rings is 1. The van der Waals surface area contributed by atoms with Crippen molar-refractivity contribution in [1.82, 2.24) is 23.9 Å². The molecule has 0 bridgehead atoms. The van der Waals surface area contributed by atoms with E-state index in [1.807, 2.05) is 28.8 Å². The van der Waals surface area contributed by atoms with Gasteiger partial charge in [0.2, 0.25) is 0 Å². The highest BCUT2D eigenvalue weighted by atomic mass is 35.5. The molecule has 4 amide bonds. The third-order valence-corrected chi connectivity index (χ3v) is 10.8. The monoisotopic (exact) mass is 730 g/mol. The molecule has 0 radical (unpaired) electrons. The molecule has 1 saturated carbocycles. The van der Waals surface area contributed by atoms with Gasteiger partial charge in [0, 0.05) is 75.5 Å². The van der Waals surface area contributed by atoms with Crippen molar-refractivity contribution in [2.24, 2.45) is 20.0 Å². The Kier molecular flexibility index (Phi) is 10.0. The highest BCUT2D eigenvalue weighted by Gasteiger charge is 2.26. The van der Waals surface area contributed by atoms with Gasteiger partial charge in [-0.25, -0.2) is 0 Å². The van der Waals surface area contributed by atoms with Crippen LogP contribution in [0.3, 0.4) is 0 Å². The van der Waals surface area contributed by atoms with Gasteiger partial charge in [-0.1, -0.05) is 29.8 Å². The van der Waals surface area contributed by atoms with Gasteiger partial charge in [0.15, 0.2) is 0 Å². The number of aryl methyl sites for hydroxylation is 2. The zero-order valence-electron chi connectivity index (χ0n) is 28.3. The van der Waals surface area contributed by atoms with Crippen molar-refractivity contribution in [3.05, 3.63) is 88.0 Å². The van der Waals surface area contributed by atoms with Gasteiger partial charge in [0.25, 0.3) is 23.6 Å². The van der Waals surface area contributed by atoms with Crippen LogP contribution in [0.1, 0.15) is 54.0 Å². The van der Waals surface area contributed by atoms with Gasteiger partial charge in [-0.05, 0) is 43.0 Å². The van der Waals surface area contributed by atoms with Gasteiger partial charge in [-0.3, -0.25) is 24.1 Å². The summed E-state index contributed by atoms with van der Waals surface area (Å²) >= 11 is 7.86. The van der Waals surface area contributed by atoms with E-state index in [0.717, 1.165) is 42.6 Å². The molecule has 15 heteroatoms. The van der Waals surface area contributed by atoms with Crippen molar-refractivity contribution >= 4 is 73.7 Å². The average Bonchev–Trinajstić information content (AvgIpc) is 3.37. The number of carbonyl (C=O) groups is 4. The number of carbonyl (C=O) groups excluding carboxylic acids is 4. The molecule has 4 N–H and O–H groups in total. The van der Waals surface area contributed by atoms with Crippen LogP contribution in [-0.2, 0) is 25.4 Å². The van der Waals surface area contributed by atoms with Crippen molar-refractivity contribution in [3.63, 3.8) is 0 Å². The van der Waals surface area contributed by atoms with Crippen LogP contribution in [0, 0.1) is 5.92 Å². The van der Waals surface area contributed by atoms with Crippen LogP contribution in [0.5, 0.6) is 0 Å². The second kappa shape index (κ2) is 14.8. The Balaban J connectivity index is 0.991. The minimum Gasteiger partial charge on any atom is -0.379 e. The summed E-state index contributed by atoms with van der Waals surface area (Å²) in [5.74, 6) is -0.874. The van der Waals surface area contributed by atoms with E-state index in [2.05, 4.69) is 26.2 Å². The number of aromatic nitrogens is 3. The van der Waals surface area contributed by atoms with Crippen LogP contribution in [0.25, 0.3) is 10.1 Å².